The second-order valence-electron chi connectivity index (χ2n) is 4.93. The minimum absolute atomic E-state index is 0.453. The monoisotopic (exact) mass is 283 g/mol. The van der Waals surface area contributed by atoms with Crippen LogP contribution in [0.5, 0.6) is 0 Å². The number of nitrogens with one attached hydrogen (secondary N) is 1. The number of aryl methyl sites for hydroxylation is 1. The largest absolute Gasteiger partial charge is 0.370 e. The van der Waals surface area contributed by atoms with Gasteiger partial charge in [0.05, 0.1) is 31.6 Å². The van der Waals surface area contributed by atoms with Gasteiger partial charge >= 0.3 is 0 Å². The molecule has 6 heteroatoms. The zero-order valence-corrected chi connectivity index (χ0v) is 11.9. The van der Waals surface area contributed by atoms with Gasteiger partial charge in [0.1, 0.15) is 5.69 Å². The number of ether oxygens (including phenoxy) is 1. The van der Waals surface area contributed by atoms with Gasteiger partial charge in [-0.3, -0.25) is 5.10 Å². The van der Waals surface area contributed by atoms with Crippen LogP contribution >= 0.6 is 0 Å². The van der Waals surface area contributed by atoms with Gasteiger partial charge < -0.3 is 4.74 Å². The molecule has 0 unspecified atom stereocenters. The lowest BCUT2D eigenvalue weighted by Crippen LogP contribution is -2.00. The van der Waals surface area contributed by atoms with Gasteiger partial charge in [0.15, 0.2) is 0 Å². The fourth-order valence-corrected chi connectivity index (χ4v) is 2.05. The molecule has 6 nitrogen and oxygen atoms in total. The summed E-state index contributed by atoms with van der Waals surface area (Å²) >= 11 is 0. The Bertz CT molecular complexity index is 689. The van der Waals surface area contributed by atoms with Crippen molar-refractivity contribution < 1.29 is 4.74 Å². The molecule has 21 heavy (non-hydrogen) atoms. The van der Waals surface area contributed by atoms with Gasteiger partial charge in [-0.2, -0.15) is 5.10 Å². The molecule has 3 rings (SSSR count). The van der Waals surface area contributed by atoms with Crippen LogP contribution in [0.1, 0.15) is 22.6 Å². The molecule has 0 amide bonds. The Balaban J connectivity index is 1.51. The molecule has 1 aromatic carbocycles. The first-order valence-electron chi connectivity index (χ1n) is 6.81. The SMILES string of the molecule is Cc1cc(Cn2cc(COCc3ccccc3)nn2)n[nH]1. The van der Waals surface area contributed by atoms with E-state index in [9.17, 15) is 0 Å². The molecule has 1 N–H and O–H groups in total. The first-order chi connectivity index (χ1) is 10.3. The number of aromatic nitrogens is 5. The lowest BCUT2D eigenvalue weighted by atomic mass is 10.2. The van der Waals surface area contributed by atoms with E-state index in [4.69, 9.17) is 4.74 Å². The fraction of sp³-hybridized carbons (Fsp3) is 0.267. The van der Waals surface area contributed by atoms with Crippen LogP contribution in [0, 0.1) is 6.92 Å². The molecular weight excluding hydrogens is 266 g/mol. The van der Waals surface area contributed by atoms with Crippen LogP contribution < -0.4 is 0 Å². The minimum atomic E-state index is 0.453. The highest BCUT2D eigenvalue weighted by Crippen LogP contribution is 2.05. The van der Waals surface area contributed by atoms with Crippen molar-refractivity contribution in [1.29, 1.82) is 0 Å². The van der Waals surface area contributed by atoms with Crippen LogP contribution in [-0.4, -0.2) is 25.2 Å². The highest BCUT2D eigenvalue weighted by atomic mass is 16.5. The molecular formula is C15H17N5O. The molecule has 0 saturated carbocycles. The quantitative estimate of drug-likeness (QED) is 0.752. The van der Waals surface area contributed by atoms with E-state index in [-0.39, 0.29) is 0 Å². The Labute approximate surface area is 122 Å². The summed E-state index contributed by atoms with van der Waals surface area (Å²) in [5, 5.41) is 15.3. The molecule has 0 bridgehead atoms. The summed E-state index contributed by atoms with van der Waals surface area (Å²) in [5.74, 6) is 0. The zero-order valence-electron chi connectivity index (χ0n) is 11.9. The molecule has 0 saturated heterocycles. The molecule has 2 aromatic heterocycles. The van der Waals surface area contributed by atoms with Crippen molar-refractivity contribution in [1.82, 2.24) is 25.2 Å². The normalized spacial score (nSPS) is 10.9. The summed E-state index contributed by atoms with van der Waals surface area (Å²) < 4.78 is 7.40. The first kappa shape index (κ1) is 13.5. The Morgan fingerprint density at radius 2 is 2.00 bits per heavy atom. The van der Waals surface area contributed by atoms with Gasteiger partial charge in [-0.15, -0.1) is 5.10 Å². The first-order valence-corrected chi connectivity index (χ1v) is 6.81. The van der Waals surface area contributed by atoms with E-state index in [0.29, 0.717) is 19.8 Å². The van der Waals surface area contributed by atoms with Crippen LogP contribution in [0.15, 0.2) is 42.6 Å². The predicted octanol–water partition coefficient (Wildman–Crippen LogP) is 2.07. The average Bonchev–Trinajstić information content (AvgIpc) is 3.10. The van der Waals surface area contributed by atoms with Gasteiger partial charge in [-0.1, -0.05) is 35.5 Å². The van der Waals surface area contributed by atoms with Crippen LogP contribution in [0.2, 0.25) is 0 Å². The minimum Gasteiger partial charge on any atom is -0.370 e. The standard InChI is InChI=1S/C15H17N5O/c1-12-7-14(17-16-12)8-20-9-15(18-19-20)11-21-10-13-5-3-2-4-6-13/h2-7,9H,8,10-11H2,1H3,(H,16,17). The number of hydrogen-bond acceptors (Lipinski definition) is 4. The van der Waals surface area contributed by atoms with Crippen molar-refractivity contribution >= 4 is 0 Å². The topological polar surface area (TPSA) is 68.6 Å². The molecule has 0 atom stereocenters. The summed E-state index contributed by atoms with van der Waals surface area (Å²) in [6.07, 6.45) is 1.88. The summed E-state index contributed by atoms with van der Waals surface area (Å²) in [5.41, 5.74) is 3.95. The zero-order chi connectivity index (χ0) is 14.5. The fourth-order valence-electron chi connectivity index (χ4n) is 2.05. The van der Waals surface area contributed by atoms with E-state index < -0.39 is 0 Å². The molecule has 3 aromatic rings. The van der Waals surface area contributed by atoms with Crippen molar-refractivity contribution in [2.45, 2.75) is 26.7 Å². The van der Waals surface area contributed by atoms with Crippen molar-refractivity contribution in [3.8, 4) is 0 Å². The number of benzene rings is 1. The second-order valence-corrected chi connectivity index (χ2v) is 4.93. The van der Waals surface area contributed by atoms with Crippen LogP contribution in [0.25, 0.3) is 0 Å². The smallest absolute Gasteiger partial charge is 0.108 e. The molecule has 2 heterocycles. The molecule has 0 spiro atoms. The second kappa shape index (κ2) is 6.32. The van der Waals surface area contributed by atoms with Crippen molar-refractivity contribution in [2.75, 3.05) is 0 Å². The molecule has 108 valence electrons. The number of aromatic amines is 1. The Morgan fingerprint density at radius 3 is 2.76 bits per heavy atom. The van der Waals surface area contributed by atoms with E-state index in [1.165, 1.54) is 0 Å². The van der Waals surface area contributed by atoms with Gasteiger partial charge in [-0.05, 0) is 18.6 Å². The maximum atomic E-state index is 5.64. The van der Waals surface area contributed by atoms with E-state index in [2.05, 4.69) is 20.5 Å². The van der Waals surface area contributed by atoms with Crippen LogP contribution in [0.3, 0.4) is 0 Å². The highest BCUT2D eigenvalue weighted by molar-refractivity contribution is 5.13. The maximum absolute atomic E-state index is 5.64. The van der Waals surface area contributed by atoms with E-state index in [1.54, 1.807) is 4.68 Å². The average molecular weight is 283 g/mol. The molecule has 0 fully saturated rings. The third-order valence-electron chi connectivity index (χ3n) is 3.03. The number of H-pyrrole nitrogens is 1. The lowest BCUT2D eigenvalue weighted by Gasteiger charge is -2.01. The van der Waals surface area contributed by atoms with Gasteiger partial charge in [0.2, 0.25) is 0 Å². The molecule has 0 aliphatic rings. The predicted molar refractivity (Wildman–Crippen MR) is 77.4 cm³/mol. The van der Waals surface area contributed by atoms with Gasteiger partial charge in [-0.25, -0.2) is 4.68 Å². The Hall–Kier alpha value is -2.47. The number of rotatable bonds is 6. The van der Waals surface area contributed by atoms with Crippen molar-refractivity contribution in [3.05, 3.63) is 65.2 Å². The third-order valence-corrected chi connectivity index (χ3v) is 3.03. The summed E-state index contributed by atoms with van der Waals surface area (Å²) in [7, 11) is 0. The summed E-state index contributed by atoms with van der Waals surface area (Å²) in [4.78, 5) is 0. The highest BCUT2D eigenvalue weighted by Gasteiger charge is 2.04. The Morgan fingerprint density at radius 1 is 1.14 bits per heavy atom. The summed E-state index contributed by atoms with van der Waals surface area (Å²) in [6.45, 7) is 3.61. The van der Waals surface area contributed by atoms with Crippen molar-refractivity contribution in [3.63, 3.8) is 0 Å². The van der Waals surface area contributed by atoms with Crippen molar-refractivity contribution in [2.24, 2.45) is 0 Å². The van der Waals surface area contributed by atoms with Crippen LogP contribution in [0.4, 0.5) is 0 Å². The number of hydrogen-bond donors (Lipinski definition) is 1. The van der Waals surface area contributed by atoms with E-state index in [0.717, 1.165) is 22.6 Å². The van der Waals surface area contributed by atoms with E-state index in [1.807, 2.05) is 49.5 Å². The molecule has 0 radical (unpaired) electrons. The molecule has 0 aliphatic carbocycles. The van der Waals surface area contributed by atoms with Gasteiger partial charge in [0, 0.05) is 5.69 Å². The van der Waals surface area contributed by atoms with E-state index >= 15 is 0 Å². The lowest BCUT2D eigenvalue weighted by molar-refractivity contribution is 0.104. The third kappa shape index (κ3) is 3.76. The molecule has 0 aliphatic heterocycles. The van der Waals surface area contributed by atoms with Gasteiger partial charge in [0.25, 0.3) is 0 Å². The van der Waals surface area contributed by atoms with Crippen LogP contribution in [-0.2, 0) is 24.5 Å². The maximum Gasteiger partial charge on any atom is 0.108 e. The number of nitrogens with zero attached hydrogens (tertiary/aromatic N) is 4. The Kier molecular flexibility index (Phi) is 4.07. The summed E-state index contributed by atoms with van der Waals surface area (Å²) in [6, 6.07) is 12.1.